The third-order valence-electron chi connectivity index (χ3n) is 2.42. The lowest BCUT2D eigenvalue weighted by molar-refractivity contribution is -0.115. The Balaban J connectivity index is 1.93. The second kappa shape index (κ2) is 6.02. The van der Waals surface area contributed by atoms with Crippen molar-refractivity contribution in [1.82, 2.24) is 4.98 Å². The molecule has 0 fully saturated rings. The smallest absolute Gasteiger partial charge is 0.239 e. The van der Waals surface area contributed by atoms with Gasteiger partial charge >= 0.3 is 0 Å². The van der Waals surface area contributed by atoms with Crippen LogP contribution in [0.25, 0.3) is 0 Å². The highest BCUT2D eigenvalue weighted by Gasteiger charge is 2.15. The zero-order valence-electron chi connectivity index (χ0n) is 9.96. The third-order valence-corrected chi connectivity index (χ3v) is 3.72. The monoisotopic (exact) mass is 278 g/mol. The first-order valence-electron chi connectivity index (χ1n) is 5.60. The molecule has 0 bridgehead atoms. The lowest BCUT2D eigenvalue weighted by Crippen LogP contribution is -2.25. The van der Waals surface area contributed by atoms with E-state index in [0.717, 1.165) is 11.3 Å². The molecule has 1 atom stereocenters. The highest BCUT2D eigenvalue weighted by Crippen LogP contribution is 2.16. The molecular formula is C13H14N2OS2. The predicted octanol–water partition coefficient (Wildman–Crippen LogP) is 2.93. The molecule has 1 aromatic heterocycles. The average molecular weight is 278 g/mol. The van der Waals surface area contributed by atoms with E-state index in [1.54, 1.807) is 0 Å². The minimum atomic E-state index is -0.364. The summed E-state index contributed by atoms with van der Waals surface area (Å²) in [6.07, 6.45) is 0.611. The second-order valence-electron chi connectivity index (χ2n) is 3.99. The van der Waals surface area contributed by atoms with Crippen molar-refractivity contribution in [3.63, 3.8) is 0 Å². The fourth-order valence-electron chi connectivity index (χ4n) is 1.53. The van der Waals surface area contributed by atoms with Crippen molar-refractivity contribution < 1.29 is 4.79 Å². The molecule has 2 aromatic rings. The van der Waals surface area contributed by atoms with Gasteiger partial charge in [0.2, 0.25) is 5.91 Å². The molecule has 1 amide bonds. The second-order valence-corrected chi connectivity index (χ2v) is 5.47. The number of carbonyl (C=O) groups excluding carboxylic acids is 1. The number of thiol groups is 1. The van der Waals surface area contributed by atoms with E-state index in [2.05, 4.69) is 22.9 Å². The minimum Gasteiger partial charge on any atom is -0.301 e. The summed E-state index contributed by atoms with van der Waals surface area (Å²) in [7, 11) is 0. The van der Waals surface area contributed by atoms with E-state index < -0.39 is 0 Å². The highest BCUT2D eigenvalue weighted by molar-refractivity contribution is 7.81. The van der Waals surface area contributed by atoms with Gasteiger partial charge in [0, 0.05) is 5.38 Å². The maximum absolute atomic E-state index is 11.9. The van der Waals surface area contributed by atoms with Gasteiger partial charge in [-0.3, -0.25) is 4.79 Å². The van der Waals surface area contributed by atoms with Crippen LogP contribution in [-0.2, 0) is 11.2 Å². The third kappa shape index (κ3) is 3.58. The Hall–Kier alpha value is -1.33. The van der Waals surface area contributed by atoms with E-state index in [9.17, 15) is 4.79 Å². The number of hydrogen-bond donors (Lipinski definition) is 2. The van der Waals surface area contributed by atoms with Gasteiger partial charge in [0.1, 0.15) is 0 Å². The summed E-state index contributed by atoms with van der Waals surface area (Å²) < 4.78 is 0. The van der Waals surface area contributed by atoms with E-state index in [0.29, 0.717) is 11.6 Å². The van der Waals surface area contributed by atoms with Crippen LogP contribution in [0.3, 0.4) is 0 Å². The first kappa shape index (κ1) is 13.1. The highest BCUT2D eigenvalue weighted by atomic mass is 32.1. The van der Waals surface area contributed by atoms with Crippen LogP contribution in [0.2, 0.25) is 0 Å². The van der Waals surface area contributed by atoms with E-state index >= 15 is 0 Å². The van der Waals surface area contributed by atoms with E-state index in [1.807, 2.05) is 42.6 Å². The maximum atomic E-state index is 11.9. The Morgan fingerprint density at radius 2 is 2.17 bits per heavy atom. The number of aryl methyl sites for hydroxylation is 1. The number of carbonyl (C=O) groups is 1. The molecule has 1 unspecified atom stereocenters. The summed E-state index contributed by atoms with van der Waals surface area (Å²) in [5.74, 6) is -0.114. The molecule has 0 aliphatic carbocycles. The fourth-order valence-corrected chi connectivity index (χ4v) is 2.50. The van der Waals surface area contributed by atoms with Crippen LogP contribution < -0.4 is 5.32 Å². The number of nitrogens with zero attached hydrogens (tertiary/aromatic N) is 1. The molecule has 0 aliphatic rings. The first-order valence-corrected chi connectivity index (χ1v) is 7.00. The molecule has 0 spiro atoms. The van der Waals surface area contributed by atoms with Gasteiger partial charge in [-0.25, -0.2) is 4.98 Å². The molecule has 1 heterocycles. The van der Waals surface area contributed by atoms with Crippen LogP contribution in [0.1, 0.15) is 11.3 Å². The number of anilines is 1. The van der Waals surface area contributed by atoms with Gasteiger partial charge in [-0.15, -0.1) is 11.3 Å². The van der Waals surface area contributed by atoms with Crippen molar-refractivity contribution in [3.05, 3.63) is 47.0 Å². The van der Waals surface area contributed by atoms with Crippen LogP contribution in [0.5, 0.6) is 0 Å². The molecule has 0 aliphatic heterocycles. The van der Waals surface area contributed by atoms with E-state index in [-0.39, 0.29) is 11.2 Å². The molecular weight excluding hydrogens is 264 g/mol. The molecule has 1 aromatic carbocycles. The Morgan fingerprint density at radius 1 is 1.44 bits per heavy atom. The van der Waals surface area contributed by atoms with Crippen LogP contribution in [0, 0.1) is 6.92 Å². The van der Waals surface area contributed by atoms with E-state index in [4.69, 9.17) is 0 Å². The molecule has 1 N–H and O–H groups in total. The Kier molecular flexibility index (Phi) is 4.38. The minimum absolute atomic E-state index is 0.114. The summed E-state index contributed by atoms with van der Waals surface area (Å²) in [6.45, 7) is 1.90. The number of rotatable bonds is 4. The molecule has 0 radical (unpaired) electrons. The van der Waals surface area contributed by atoms with Crippen LogP contribution in [0.15, 0.2) is 35.7 Å². The summed E-state index contributed by atoms with van der Waals surface area (Å²) in [6, 6.07) is 9.85. The van der Waals surface area contributed by atoms with Gasteiger partial charge in [-0.05, 0) is 18.9 Å². The average Bonchev–Trinajstić information content (AvgIpc) is 2.76. The lowest BCUT2D eigenvalue weighted by atomic mass is 10.1. The number of benzene rings is 1. The first-order chi connectivity index (χ1) is 8.65. The Bertz CT molecular complexity index is 525. The fraction of sp³-hybridized carbons (Fsp3) is 0.231. The summed E-state index contributed by atoms with van der Waals surface area (Å²) in [5.41, 5.74) is 2.01. The summed E-state index contributed by atoms with van der Waals surface area (Å²) >= 11 is 5.76. The topological polar surface area (TPSA) is 42.0 Å². The van der Waals surface area contributed by atoms with Crippen molar-refractivity contribution in [2.24, 2.45) is 0 Å². The molecule has 3 nitrogen and oxygen atoms in total. The zero-order chi connectivity index (χ0) is 13.0. The van der Waals surface area contributed by atoms with Crippen molar-refractivity contribution in [1.29, 1.82) is 0 Å². The number of thiazole rings is 1. The molecule has 0 saturated carbocycles. The summed E-state index contributed by atoms with van der Waals surface area (Å²) in [4.78, 5) is 16.1. The van der Waals surface area contributed by atoms with Gasteiger partial charge in [0.15, 0.2) is 5.13 Å². The van der Waals surface area contributed by atoms with Crippen molar-refractivity contribution in [2.75, 3.05) is 5.32 Å². The normalized spacial score (nSPS) is 12.1. The number of hydrogen-bond acceptors (Lipinski definition) is 4. The van der Waals surface area contributed by atoms with Crippen LogP contribution in [-0.4, -0.2) is 16.1 Å². The van der Waals surface area contributed by atoms with Crippen molar-refractivity contribution in [3.8, 4) is 0 Å². The standard InChI is InChI=1S/C13H14N2OS2/c1-9-8-18-13(14-9)15-12(16)11(17)7-10-5-3-2-4-6-10/h2-6,8,11,17H,7H2,1H3,(H,14,15,16). The molecule has 94 valence electrons. The maximum Gasteiger partial charge on any atom is 0.239 e. The quantitative estimate of drug-likeness (QED) is 0.844. The van der Waals surface area contributed by atoms with Crippen LogP contribution in [0.4, 0.5) is 5.13 Å². The van der Waals surface area contributed by atoms with E-state index in [1.165, 1.54) is 11.3 Å². The molecule has 0 saturated heterocycles. The Labute approximate surface area is 116 Å². The predicted molar refractivity (Wildman–Crippen MR) is 78.4 cm³/mol. The number of aromatic nitrogens is 1. The van der Waals surface area contributed by atoms with Gasteiger partial charge in [-0.2, -0.15) is 12.6 Å². The van der Waals surface area contributed by atoms with Crippen molar-refractivity contribution in [2.45, 2.75) is 18.6 Å². The molecule has 2 rings (SSSR count). The van der Waals surface area contributed by atoms with Gasteiger partial charge < -0.3 is 5.32 Å². The van der Waals surface area contributed by atoms with Gasteiger partial charge in [0.05, 0.1) is 10.9 Å². The van der Waals surface area contributed by atoms with Crippen LogP contribution >= 0.6 is 24.0 Å². The largest absolute Gasteiger partial charge is 0.301 e. The Morgan fingerprint density at radius 3 is 2.78 bits per heavy atom. The number of amides is 1. The molecule has 5 heteroatoms. The lowest BCUT2D eigenvalue weighted by Gasteiger charge is -2.09. The molecule has 18 heavy (non-hydrogen) atoms. The van der Waals surface area contributed by atoms with Crippen molar-refractivity contribution >= 4 is 35.0 Å². The van der Waals surface area contributed by atoms with Gasteiger partial charge in [-0.1, -0.05) is 30.3 Å². The zero-order valence-corrected chi connectivity index (χ0v) is 11.7. The summed E-state index contributed by atoms with van der Waals surface area (Å²) in [5, 5.41) is 4.94. The van der Waals surface area contributed by atoms with Gasteiger partial charge in [0.25, 0.3) is 0 Å². The SMILES string of the molecule is Cc1csc(NC(=O)C(S)Cc2ccccc2)n1. The number of nitrogens with one attached hydrogen (secondary N) is 1.